The fourth-order valence-electron chi connectivity index (χ4n) is 6.31. The summed E-state index contributed by atoms with van der Waals surface area (Å²) in [5.74, 6) is 0. The minimum atomic E-state index is 1.03. The molecule has 0 unspecified atom stereocenters. The number of benzene rings is 6. The van der Waals surface area contributed by atoms with Gasteiger partial charge in [-0.2, -0.15) is 0 Å². The van der Waals surface area contributed by atoms with Crippen LogP contribution in [0.4, 0.5) is 0 Å². The molecule has 182 valence electrons. The molecule has 1 aliphatic rings. The Labute approximate surface area is 224 Å². The van der Waals surface area contributed by atoms with Gasteiger partial charge in [-0.3, -0.25) is 0 Å². The average molecular weight is 487 g/mol. The van der Waals surface area contributed by atoms with Crippen molar-refractivity contribution in [1.29, 1.82) is 0 Å². The van der Waals surface area contributed by atoms with Crippen LogP contribution in [0, 0.1) is 0 Å². The summed E-state index contributed by atoms with van der Waals surface area (Å²) < 4.78 is 0. The molecule has 0 amide bonds. The van der Waals surface area contributed by atoms with Crippen LogP contribution in [0.1, 0.15) is 30.0 Å². The van der Waals surface area contributed by atoms with E-state index in [1.165, 1.54) is 71.6 Å². The zero-order chi connectivity index (χ0) is 25.5. The van der Waals surface area contributed by atoms with Gasteiger partial charge in [0.15, 0.2) is 0 Å². The van der Waals surface area contributed by atoms with Crippen LogP contribution in [-0.2, 0) is 12.8 Å². The molecule has 0 atom stereocenters. The van der Waals surface area contributed by atoms with Gasteiger partial charge in [-0.15, -0.1) is 0 Å². The molecule has 7 rings (SSSR count). The predicted octanol–water partition coefficient (Wildman–Crippen LogP) is 10.5. The van der Waals surface area contributed by atoms with Crippen LogP contribution in [0.2, 0.25) is 0 Å². The number of rotatable bonds is 4. The lowest BCUT2D eigenvalue weighted by Gasteiger charge is -2.25. The first-order chi connectivity index (χ1) is 18.8. The molecule has 0 spiro atoms. The molecule has 0 bridgehead atoms. The Morgan fingerprint density at radius 1 is 0.553 bits per heavy atom. The molecule has 1 aliphatic carbocycles. The maximum Gasteiger partial charge on any atom is -0.00297 e. The molecule has 0 fully saturated rings. The van der Waals surface area contributed by atoms with E-state index in [4.69, 9.17) is 0 Å². The van der Waals surface area contributed by atoms with Crippen LogP contribution in [0.25, 0.3) is 61.0 Å². The van der Waals surface area contributed by atoms with Crippen LogP contribution in [-0.4, -0.2) is 0 Å². The molecule has 0 aromatic heterocycles. The Morgan fingerprint density at radius 2 is 1.21 bits per heavy atom. The highest BCUT2D eigenvalue weighted by Crippen LogP contribution is 2.47. The monoisotopic (exact) mass is 486 g/mol. The zero-order valence-corrected chi connectivity index (χ0v) is 21.7. The van der Waals surface area contributed by atoms with E-state index in [9.17, 15) is 0 Å². The molecule has 0 saturated carbocycles. The van der Waals surface area contributed by atoms with Gasteiger partial charge < -0.3 is 0 Å². The second-order valence-electron chi connectivity index (χ2n) is 10.3. The van der Waals surface area contributed by atoms with Gasteiger partial charge in [0.25, 0.3) is 0 Å². The first-order valence-corrected chi connectivity index (χ1v) is 13.7. The summed E-state index contributed by atoms with van der Waals surface area (Å²) in [5, 5.41) is 5.34. The van der Waals surface area contributed by atoms with Gasteiger partial charge in [0, 0.05) is 0 Å². The van der Waals surface area contributed by atoms with Gasteiger partial charge in [0.1, 0.15) is 0 Å². The van der Waals surface area contributed by atoms with Crippen molar-refractivity contribution in [2.45, 2.75) is 26.2 Å². The minimum Gasteiger partial charge on any atom is -0.0836 e. The number of hydrogen-bond acceptors (Lipinski definition) is 0. The second kappa shape index (κ2) is 9.47. The summed E-state index contributed by atoms with van der Waals surface area (Å²) in [4.78, 5) is 0. The van der Waals surface area contributed by atoms with E-state index in [-0.39, 0.29) is 0 Å². The fourth-order valence-corrected chi connectivity index (χ4v) is 6.31. The van der Waals surface area contributed by atoms with Gasteiger partial charge in [-0.25, -0.2) is 0 Å². The molecule has 0 N–H and O–H groups in total. The van der Waals surface area contributed by atoms with Gasteiger partial charge >= 0.3 is 0 Å². The minimum absolute atomic E-state index is 1.03. The molecule has 38 heavy (non-hydrogen) atoms. The van der Waals surface area contributed by atoms with Crippen molar-refractivity contribution in [3.05, 3.63) is 138 Å². The molecule has 0 aliphatic heterocycles. The summed E-state index contributed by atoms with van der Waals surface area (Å²) in [5.41, 5.74) is 12.2. The molecule has 0 radical (unpaired) electrons. The molecule has 0 saturated heterocycles. The summed E-state index contributed by atoms with van der Waals surface area (Å²) in [6.45, 7) is 2.25. The van der Waals surface area contributed by atoms with Crippen molar-refractivity contribution >= 4 is 27.6 Å². The second-order valence-corrected chi connectivity index (χ2v) is 10.3. The van der Waals surface area contributed by atoms with E-state index in [0.717, 1.165) is 19.3 Å². The maximum absolute atomic E-state index is 2.43. The highest BCUT2D eigenvalue weighted by Gasteiger charge is 2.23. The van der Waals surface area contributed by atoms with Crippen LogP contribution in [0.15, 0.2) is 121 Å². The Kier molecular flexibility index (Phi) is 5.67. The standard InChI is InChI=1S/C38H30/c1-2-26-21-22-30-29(27-13-5-3-6-14-27)23-24-35(36(30)25-26)38-33-19-11-9-17-31(33)37(28-15-7-4-8-16-28)32-18-10-12-20-34(32)38/h3-11,13-19,21-25H,2,12,20H2,1H3. The maximum atomic E-state index is 2.43. The topological polar surface area (TPSA) is 0 Å². The lowest BCUT2D eigenvalue weighted by Crippen LogP contribution is -2.03. The molecular formula is C38H30. The number of hydrogen-bond donors (Lipinski definition) is 0. The van der Waals surface area contributed by atoms with E-state index < -0.39 is 0 Å². The SMILES string of the molecule is CCc1ccc2c(-c3ccccc3)ccc(-c3c4c(c(-c5ccccc5)c5ccccc35)C=CCC4)c2c1. The fraction of sp³-hybridized carbons (Fsp3) is 0.105. The van der Waals surface area contributed by atoms with E-state index in [1.54, 1.807) is 0 Å². The third-order valence-corrected chi connectivity index (χ3v) is 8.11. The van der Waals surface area contributed by atoms with Crippen molar-refractivity contribution in [2.75, 3.05) is 0 Å². The van der Waals surface area contributed by atoms with Crippen molar-refractivity contribution in [3.63, 3.8) is 0 Å². The largest absolute Gasteiger partial charge is 0.0836 e. The Morgan fingerprint density at radius 3 is 1.95 bits per heavy atom. The van der Waals surface area contributed by atoms with Crippen LogP contribution in [0.5, 0.6) is 0 Å². The Balaban J connectivity index is 1.61. The lowest BCUT2D eigenvalue weighted by atomic mass is 9.79. The lowest BCUT2D eigenvalue weighted by molar-refractivity contribution is 0.992. The van der Waals surface area contributed by atoms with E-state index in [2.05, 4.69) is 134 Å². The smallest absolute Gasteiger partial charge is 0.00297 e. The number of aryl methyl sites for hydroxylation is 1. The highest BCUT2D eigenvalue weighted by atomic mass is 14.3. The van der Waals surface area contributed by atoms with Crippen molar-refractivity contribution in [3.8, 4) is 33.4 Å². The van der Waals surface area contributed by atoms with Gasteiger partial charge in [-0.05, 0) is 90.9 Å². The Bertz CT molecular complexity index is 1820. The molecule has 6 aromatic carbocycles. The average Bonchev–Trinajstić information content (AvgIpc) is 3.00. The van der Waals surface area contributed by atoms with Crippen molar-refractivity contribution in [2.24, 2.45) is 0 Å². The van der Waals surface area contributed by atoms with Crippen molar-refractivity contribution in [1.82, 2.24) is 0 Å². The predicted molar refractivity (Wildman–Crippen MR) is 164 cm³/mol. The summed E-state index contributed by atoms with van der Waals surface area (Å²) >= 11 is 0. The van der Waals surface area contributed by atoms with E-state index >= 15 is 0 Å². The first kappa shape index (κ1) is 22.8. The number of fused-ring (bicyclic) bond motifs is 3. The van der Waals surface area contributed by atoms with Crippen LogP contribution < -0.4 is 0 Å². The molecule has 0 heterocycles. The van der Waals surface area contributed by atoms with Crippen molar-refractivity contribution < 1.29 is 0 Å². The number of allylic oxidation sites excluding steroid dienone is 1. The summed E-state index contributed by atoms with van der Waals surface area (Å²) in [6.07, 6.45) is 7.88. The van der Waals surface area contributed by atoms with Crippen LogP contribution in [0.3, 0.4) is 0 Å². The van der Waals surface area contributed by atoms with Gasteiger partial charge in [0.2, 0.25) is 0 Å². The normalized spacial score (nSPS) is 12.7. The summed E-state index contributed by atoms with van der Waals surface area (Å²) in [7, 11) is 0. The van der Waals surface area contributed by atoms with Gasteiger partial charge in [-0.1, -0.05) is 134 Å². The zero-order valence-electron chi connectivity index (χ0n) is 21.7. The molecule has 0 nitrogen and oxygen atoms in total. The van der Waals surface area contributed by atoms with E-state index in [0.29, 0.717) is 0 Å². The summed E-state index contributed by atoms with van der Waals surface area (Å²) in [6, 6.07) is 42.5. The highest BCUT2D eigenvalue weighted by molar-refractivity contribution is 6.15. The Hall–Kier alpha value is -4.42. The molecular weight excluding hydrogens is 456 g/mol. The molecule has 0 heteroatoms. The first-order valence-electron chi connectivity index (χ1n) is 13.7. The van der Waals surface area contributed by atoms with Gasteiger partial charge in [0.05, 0.1) is 0 Å². The molecule has 6 aromatic rings. The van der Waals surface area contributed by atoms with E-state index in [1.807, 2.05) is 0 Å². The third-order valence-electron chi connectivity index (χ3n) is 8.11. The van der Waals surface area contributed by atoms with Crippen LogP contribution >= 0.6 is 0 Å². The third kappa shape index (κ3) is 3.68. The quantitative estimate of drug-likeness (QED) is 0.232.